The molecule has 1 aliphatic rings. The highest BCUT2D eigenvalue weighted by Crippen LogP contribution is 2.45. The number of alkyl halides is 1. The number of allylic oxidation sites excluding steroid dienone is 4. The minimum Gasteiger partial charge on any atom is -0.427 e. The summed E-state index contributed by atoms with van der Waals surface area (Å²) >= 11 is 6.41. The quantitative estimate of drug-likeness (QED) is 0.626. The Hall–Kier alpha value is -1.10. The first-order valence-electron chi connectivity index (χ1n) is 5.21. The molecule has 0 radical (unpaired) electrons. The highest BCUT2D eigenvalue weighted by molar-refractivity contribution is 6.48. The third-order valence-electron chi connectivity index (χ3n) is 2.84. The lowest BCUT2D eigenvalue weighted by Gasteiger charge is -2.32. The molecule has 0 saturated carbocycles. The summed E-state index contributed by atoms with van der Waals surface area (Å²) in [4.78, 5) is -1.13. The first-order chi connectivity index (χ1) is 8.04. The molecule has 2 atom stereocenters. The van der Waals surface area contributed by atoms with E-state index < -0.39 is 23.6 Å². The lowest BCUT2D eigenvalue weighted by atomic mass is 9.62. The molecule has 5 heteroatoms. The molecule has 0 bridgehead atoms. The van der Waals surface area contributed by atoms with E-state index in [1.165, 1.54) is 12.1 Å². The van der Waals surface area contributed by atoms with Gasteiger partial charge in [0.2, 0.25) is 0 Å². The second kappa shape index (κ2) is 4.65. The van der Waals surface area contributed by atoms with Crippen molar-refractivity contribution in [3.63, 3.8) is 0 Å². The van der Waals surface area contributed by atoms with Gasteiger partial charge in [-0.1, -0.05) is 36.4 Å². The minimum absolute atomic E-state index is 0.406. The summed E-state index contributed by atoms with van der Waals surface area (Å²) in [5.74, 6) is -1.12. The topological polar surface area (TPSA) is 40.5 Å². The normalized spacial score (nSPS) is 27.2. The fourth-order valence-corrected chi connectivity index (χ4v) is 2.34. The van der Waals surface area contributed by atoms with Crippen LogP contribution in [0.5, 0.6) is 0 Å². The van der Waals surface area contributed by atoms with Gasteiger partial charge < -0.3 is 10.0 Å². The second-order valence-corrected chi connectivity index (χ2v) is 4.59. The maximum absolute atomic E-state index is 13.2. The molecule has 0 heterocycles. The van der Waals surface area contributed by atoms with Crippen LogP contribution in [-0.2, 0) is 4.87 Å². The van der Waals surface area contributed by atoms with Crippen LogP contribution < -0.4 is 0 Å². The summed E-state index contributed by atoms with van der Waals surface area (Å²) in [6.07, 6.45) is 6.62. The second-order valence-electron chi connectivity index (χ2n) is 3.96. The molecular weight excluding hydrogens is 241 g/mol. The van der Waals surface area contributed by atoms with Crippen LogP contribution in [0.25, 0.3) is 0 Å². The Kier molecular flexibility index (Phi) is 3.38. The van der Waals surface area contributed by atoms with E-state index in [-0.39, 0.29) is 0 Å². The molecule has 0 saturated heterocycles. The molecule has 0 aromatic heterocycles. The van der Waals surface area contributed by atoms with Gasteiger partial charge in [0.05, 0.1) is 4.87 Å². The van der Waals surface area contributed by atoms with Crippen molar-refractivity contribution in [2.75, 3.05) is 0 Å². The Morgan fingerprint density at radius 1 is 1.29 bits per heavy atom. The van der Waals surface area contributed by atoms with Gasteiger partial charge in [-0.05, 0) is 17.7 Å². The lowest BCUT2D eigenvalue weighted by molar-refractivity contribution is 0.383. The van der Waals surface area contributed by atoms with Crippen LogP contribution in [0.15, 0.2) is 48.6 Å². The van der Waals surface area contributed by atoms with Gasteiger partial charge in [0.15, 0.2) is 0 Å². The lowest BCUT2D eigenvalue weighted by Crippen LogP contribution is -2.34. The molecule has 0 aliphatic heterocycles. The zero-order valence-electron chi connectivity index (χ0n) is 8.92. The van der Waals surface area contributed by atoms with Crippen LogP contribution in [0.2, 0.25) is 5.82 Å². The molecule has 2 unspecified atom stereocenters. The van der Waals surface area contributed by atoms with E-state index in [9.17, 15) is 14.4 Å². The van der Waals surface area contributed by atoms with Crippen molar-refractivity contribution in [3.05, 3.63) is 60.0 Å². The van der Waals surface area contributed by atoms with Gasteiger partial charge in [0.25, 0.3) is 0 Å². The molecule has 0 spiro atoms. The van der Waals surface area contributed by atoms with Crippen LogP contribution in [0.1, 0.15) is 5.56 Å². The SMILES string of the molecule is OB(O)C1C=CC=CC1(Cl)c1cccc(F)c1. The molecule has 0 fully saturated rings. The van der Waals surface area contributed by atoms with Gasteiger partial charge >= 0.3 is 7.12 Å². The predicted molar refractivity (Wildman–Crippen MR) is 66.2 cm³/mol. The first kappa shape index (κ1) is 12.4. The van der Waals surface area contributed by atoms with Gasteiger partial charge in [-0.15, -0.1) is 11.6 Å². The number of rotatable bonds is 2. The van der Waals surface area contributed by atoms with Crippen molar-refractivity contribution in [2.45, 2.75) is 10.7 Å². The van der Waals surface area contributed by atoms with Crippen molar-refractivity contribution >= 4 is 18.7 Å². The van der Waals surface area contributed by atoms with Crippen LogP contribution in [-0.4, -0.2) is 17.2 Å². The maximum Gasteiger partial charge on any atom is 0.461 e. The summed E-state index contributed by atoms with van der Waals surface area (Å²) in [6, 6.07) is 5.82. The fraction of sp³-hybridized carbons (Fsp3) is 0.167. The van der Waals surface area contributed by atoms with Crippen molar-refractivity contribution in [2.24, 2.45) is 0 Å². The van der Waals surface area contributed by atoms with Gasteiger partial charge in [-0.3, -0.25) is 0 Å². The predicted octanol–water partition coefficient (Wildman–Crippen LogP) is 2.23. The largest absolute Gasteiger partial charge is 0.461 e. The Balaban J connectivity index is 2.46. The number of halogens is 2. The molecule has 2 nitrogen and oxygen atoms in total. The monoisotopic (exact) mass is 252 g/mol. The summed E-state index contributed by atoms with van der Waals surface area (Å²) in [7, 11) is -1.60. The van der Waals surface area contributed by atoms with Crippen molar-refractivity contribution in [1.29, 1.82) is 0 Å². The van der Waals surface area contributed by atoms with E-state index >= 15 is 0 Å². The fourth-order valence-electron chi connectivity index (χ4n) is 1.96. The Morgan fingerprint density at radius 2 is 2.06 bits per heavy atom. The highest BCUT2D eigenvalue weighted by atomic mass is 35.5. The summed E-state index contributed by atoms with van der Waals surface area (Å²) in [5, 5.41) is 18.7. The molecule has 0 amide bonds. The van der Waals surface area contributed by atoms with Gasteiger partial charge in [0.1, 0.15) is 5.82 Å². The third-order valence-corrected chi connectivity index (χ3v) is 3.44. The van der Waals surface area contributed by atoms with Crippen LogP contribution >= 0.6 is 11.6 Å². The molecule has 1 aromatic carbocycles. The summed E-state index contributed by atoms with van der Waals surface area (Å²) in [6.45, 7) is 0. The smallest absolute Gasteiger partial charge is 0.427 e. The van der Waals surface area contributed by atoms with Crippen LogP contribution in [0.4, 0.5) is 4.39 Å². The first-order valence-corrected chi connectivity index (χ1v) is 5.59. The minimum atomic E-state index is -1.60. The highest BCUT2D eigenvalue weighted by Gasteiger charge is 2.42. The summed E-state index contributed by atoms with van der Waals surface area (Å²) in [5.41, 5.74) is 0.498. The molecule has 1 aromatic rings. The van der Waals surface area contributed by atoms with Gasteiger partial charge in [-0.25, -0.2) is 4.39 Å². The van der Waals surface area contributed by atoms with E-state index in [1.807, 2.05) is 0 Å². The Bertz CT molecular complexity index is 475. The number of hydrogen-bond acceptors (Lipinski definition) is 2. The molecule has 88 valence electrons. The van der Waals surface area contributed by atoms with E-state index in [4.69, 9.17) is 11.6 Å². The Labute approximate surface area is 104 Å². The zero-order valence-corrected chi connectivity index (χ0v) is 9.68. The van der Waals surface area contributed by atoms with Gasteiger partial charge in [-0.2, -0.15) is 0 Å². The van der Waals surface area contributed by atoms with Crippen LogP contribution in [0.3, 0.4) is 0 Å². The van der Waals surface area contributed by atoms with Gasteiger partial charge in [0, 0.05) is 5.82 Å². The van der Waals surface area contributed by atoms with Crippen LogP contribution in [0, 0.1) is 5.82 Å². The molecule has 2 N–H and O–H groups in total. The average Bonchev–Trinajstić information content (AvgIpc) is 2.29. The Morgan fingerprint density at radius 3 is 2.71 bits per heavy atom. The van der Waals surface area contributed by atoms with E-state index in [0.29, 0.717) is 5.56 Å². The van der Waals surface area contributed by atoms with Crippen molar-refractivity contribution < 1.29 is 14.4 Å². The molecule has 17 heavy (non-hydrogen) atoms. The van der Waals surface area contributed by atoms with E-state index in [2.05, 4.69) is 0 Å². The molecular formula is C12H11BClFO2. The van der Waals surface area contributed by atoms with Crippen molar-refractivity contribution in [3.8, 4) is 0 Å². The molecule has 2 rings (SSSR count). The van der Waals surface area contributed by atoms with E-state index in [1.54, 1.807) is 36.4 Å². The molecule has 1 aliphatic carbocycles. The zero-order chi connectivity index (χ0) is 12.5. The van der Waals surface area contributed by atoms with Crippen molar-refractivity contribution in [1.82, 2.24) is 0 Å². The number of benzene rings is 1. The average molecular weight is 252 g/mol. The third kappa shape index (κ3) is 2.29. The standard InChI is InChI=1S/C12H11BClFO2/c14-12(9-4-3-5-10(15)8-9)7-2-1-6-11(12)13(16)17/h1-8,11,16-17H. The summed E-state index contributed by atoms with van der Waals surface area (Å²) < 4.78 is 13.2. The van der Waals surface area contributed by atoms with E-state index in [0.717, 1.165) is 0 Å². The maximum atomic E-state index is 13.2. The number of hydrogen-bond donors (Lipinski definition) is 2.